The minimum Gasteiger partial charge on any atom is -0.493 e. The van der Waals surface area contributed by atoms with Crippen LogP contribution in [0.15, 0.2) is 23.8 Å². The van der Waals surface area contributed by atoms with Gasteiger partial charge < -0.3 is 19.5 Å². The summed E-state index contributed by atoms with van der Waals surface area (Å²) >= 11 is 1.41. The number of nitrogens with one attached hydrogen (secondary N) is 1. The lowest BCUT2D eigenvalue weighted by molar-refractivity contribution is -0.112. The number of nitrogens with zero attached hydrogens (tertiary/aromatic N) is 1. The van der Waals surface area contributed by atoms with E-state index in [0.717, 1.165) is 49.0 Å². The van der Waals surface area contributed by atoms with E-state index in [0.29, 0.717) is 40.2 Å². The van der Waals surface area contributed by atoms with E-state index in [2.05, 4.69) is 19.2 Å². The molecule has 3 rings (SSSR count). The van der Waals surface area contributed by atoms with Crippen LogP contribution in [-0.2, 0) is 22.4 Å². The molecule has 7 nitrogen and oxygen atoms in total. The molecule has 1 N–H and O–H groups in total. The number of hydrogen-bond acceptors (Lipinski definition) is 7. The second kappa shape index (κ2) is 13.1. The molecule has 1 atom stereocenters. The third kappa shape index (κ3) is 6.46. The quantitative estimate of drug-likeness (QED) is 0.168. The number of carbonyl (C=O) groups is 2. The van der Waals surface area contributed by atoms with Crippen LogP contribution in [0.1, 0.15) is 72.8 Å². The van der Waals surface area contributed by atoms with Crippen LogP contribution in [0.5, 0.6) is 11.5 Å². The molecule has 0 bridgehead atoms. The number of amides is 1. The Morgan fingerprint density at radius 1 is 1.25 bits per heavy atom. The summed E-state index contributed by atoms with van der Waals surface area (Å²) in [6.45, 7) is 6.80. The van der Waals surface area contributed by atoms with Gasteiger partial charge in [-0.15, -0.1) is 11.3 Å². The van der Waals surface area contributed by atoms with Crippen molar-refractivity contribution >= 4 is 34.3 Å². The maximum atomic E-state index is 13.1. The molecule has 0 aliphatic heterocycles. The van der Waals surface area contributed by atoms with Crippen LogP contribution in [-0.4, -0.2) is 32.2 Å². The maximum absolute atomic E-state index is 13.1. The molecule has 1 aromatic heterocycles. The molecule has 0 radical (unpaired) electrons. The Labute approximate surface area is 217 Å². The first-order valence-corrected chi connectivity index (χ1v) is 13.3. The van der Waals surface area contributed by atoms with Crippen molar-refractivity contribution in [3.05, 3.63) is 45.3 Å². The molecule has 0 fully saturated rings. The standard InChI is InChI=1S/C28H34N2O5S/c1-5-8-13-35-23-15-19(10-12-22(23)33-4)14-20(17-29)26(31)30-27-25(28(32)34-7-3)21-11-9-18(6-2)16-24(21)36-27/h10,12,14-15,18H,5-9,11,13,16H2,1-4H3,(H,30,31)/b20-14+. The molecule has 1 aliphatic carbocycles. The number of rotatable bonds is 11. The maximum Gasteiger partial charge on any atom is 0.341 e. The summed E-state index contributed by atoms with van der Waals surface area (Å²) < 4.78 is 16.5. The Morgan fingerprint density at radius 3 is 2.72 bits per heavy atom. The average molecular weight is 511 g/mol. The summed E-state index contributed by atoms with van der Waals surface area (Å²) in [6, 6.07) is 7.24. The number of ether oxygens (including phenoxy) is 3. The molecular weight excluding hydrogens is 476 g/mol. The van der Waals surface area contributed by atoms with Crippen LogP contribution >= 0.6 is 11.3 Å². The molecule has 0 saturated carbocycles. The number of esters is 1. The molecule has 1 unspecified atom stereocenters. The Balaban J connectivity index is 1.88. The molecule has 1 heterocycles. The Morgan fingerprint density at radius 2 is 2.06 bits per heavy atom. The zero-order chi connectivity index (χ0) is 26.1. The van der Waals surface area contributed by atoms with Crippen molar-refractivity contribution in [3.63, 3.8) is 0 Å². The van der Waals surface area contributed by atoms with Crippen molar-refractivity contribution in [2.45, 2.75) is 59.3 Å². The third-order valence-corrected chi connectivity index (χ3v) is 7.44. The van der Waals surface area contributed by atoms with Crippen LogP contribution in [0, 0.1) is 17.2 Å². The highest BCUT2D eigenvalue weighted by atomic mass is 32.1. The summed E-state index contributed by atoms with van der Waals surface area (Å²) in [4.78, 5) is 27.0. The van der Waals surface area contributed by atoms with Gasteiger partial charge in [0.25, 0.3) is 5.91 Å². The van der Waals surface area contributed by atoms with Crippen LogP contribution in [0.25, 0.3) is 6.08 Å². The van der Waals surface area contributed by atoms with E-state index in [1.54, 1.807) is 32.2 Å². The van der Waals surface area contributed by atoms with Crippen LogP contribution in [0.2, 0.25) is 0 Å². The van der Waals surface area contributed by atoms with Crippen LogP contribution in [0.4, 0.5) is 5.00 Å². The molecule has 2 aromatic rings. The third-order valence-electron chi connectivity index (χ3n) is 6.27. The Bertz CT molecular complexity index is 1160. The molecule has 0 spiro atoms. The predicted octanol–water partition coefficient (Wildman–Crippen LogP) is 6.17. The van der Waals surface area contributed by atoms with Crippen molar-refractivity contribution in [1.82, 2.24) is 0 Å². The summed E-state index contributed by atoms with van der Waals surface area (Å²) in [5.41, 5.74) is 1.95. The fourth-order valence-corrected chi connectivity index (χ4v) is 5.56. The average Bonchev–Trinajstić information content (AvgIpc) is 3.24. The zero-order valence-electron chi connectivity index (χ0n) is 21.4. The fourth-order valence-electron chi connectivity index (χ4n) is 4.22. The molecule has 192 valence electrons. The summed E-state index contributed by atoms with van der Waals surface area (Å²) in [7, 11) is 1.57. The summed E-state index contributed by atoms with van der Waals surface area (Å²) in [5, 5.41) is 13.0. The molecule has 0 saturated heterocycles. The van der Waals surface area contributed by atoms with Gasteiger partial charge in [-0.2, -0.15) is 5.26 Å². The first-order chi connectivity index (χ1) is 17.4. The van der Waals surface area contributed by atoms with Crippen molar-refractivity contribution in [1.29, 1.82) is 5.26 Å². The van der Waals surface area contributed by atoms with Crippen molar-refractivity contribution in [3.8, 4) is 17.6 Å². The highest BCUT2D eigenvalue weighted by Gasteiger charge is 2.30. The van der Waals surface area contributed by atoms with Gasteiger partial charge in [-0.1, -0.05) is 32.8 Å². The number of hydrogen-bond donors (Lipinski definition) is 1. The van der Waals surface area contributed by atoms with Gasteiger partial charge in [-0.25, -0.2) is 4.79 Å². The highest BCUT2D eigenvalue weighted by Crippen LogP contribution is 2.41. The zero-order valence-corrected chi connectivity index (χ0v) is 22.3. The molecule has 1 aliphatic rings. The normalized spacial score (nSPS) is 15.0. The van der Waals surface area contributed by atoms with Gasteiger partial charge in [-0.3, -0.25) is 4.79 Å². The van der Waals surface area contributed by atoms with Crippen molar-refractivity contribution < 1.29 is 23.8 Å². The molecule has 1 aromatic carbocycles. The van der Waals surface area contributed by atoms with Gasteiger partial charge in [0.15, 0.2) is 11.5 Å². The minimum absolute atomic E-state index is 0.0766. The lowest BCUT2D eigenvalue weighted by atomic mass is 9.85. The van der Waals surface area contributed by atoms with Gasteiger partial charge in [0, 0.05) is 4.88 Å². The number of anilines is 1. The predicted molar refractivity (Wildman–Crippen MR) is 142 cm³/mol. The number of benzene rings is 1. The van der Waals surface area contributed by atoms with Gasteiger partial charge >= 0.3 is 5.97 Å². The number of methoxy groups -OCH3 is 1. The van der Waals surface area contributed by atoms with Crippen LogP contribution in [0.3, 0.4) is 0 Å². The van der Waals surface area contributed by atoms with Gasteiger partial charge in [0.1, 0.15) is 16.6 Å². The van der Waals surface area contributed by atoms with E-state index in [9.17, 15) is 14.9 Å². The smallest absolute Gasteiger partial charge is 0.341 e. The second-order valence-corrected chi connectivity index (χ2v) is 9.79. The second-order valence-electron chi connectivity index (χ2n) is 8.68. The molecule has 36 heavy (non-hydrogen) atoms. The van der Waals surface area contributed by atoms with E-state index in [4.69, 9.17) is 14.2 Å². The first-order valence-electron chi connectivity index (χ1n) is 12.5. The monoisotopic (exact) mass is 510 g/mol. The number of unbranched alkanes of at least 4 members (excludes halogenated alkanes) is 1. The molecule has 1 amide bonds. The molecular formula is C28H34N2O5S. The summed E-state index contributed by atoms with van der Waals surface area (Å²) in [5.74, 6) is 0.691. The lowest BCUT2D eigenvalue weighted by Crippen LogP contribution is -2.17. The van der Waals surface area contributed by atoms with E-state index in [1.807, 2.05) is 6.07 Å². The van der Waals surface area contributed by atoms with E-state index >= 15 is 0 Å². The lowest BCUT2D eigenvalue weighted by Gasteiger charge is -2.20. The van der Waals surface area contributed by atoms with E-state index in [1.165, 1.54) is 17.4 Å². The Kier molecular flexibility index (Phi) is 9.95. The van der Waals surface area contributed by atoms with Crippen molar-refractivity contribution in [2.24, 2.45) is 5.92 Å². The van der Waals surface area contributed by atoms with E-state index in [-0.39, 0.29) is 12.2 Å². The topological polar surface area (TPSA) is 97.7 Å². The molecule has 8 heteroatoms. The number of fused-ring (bicyclic) bond motifs is 1. The van der Waals surface area contributed by atoms with Crippen LogP contribution < -0.4 is 14.8 Å². The SMILES string of the molecule is CCCCOc1cc(/C=C(\C#N)C(=O)Nc2sc3c(c2C(=O)OCC)CCC(CC)C3)ccc1OC. The number of nitriles is 1. The Hall–Kier alpha value is -3.31. The largest absolute Gasteiger partial charge is 0.493 e. The highest BCUT2D eigenvalue weighted by molar-refractivity contribution is 7.17. The number of thiophene rings is 1. The van der Waals surface area contributed by atoms with Crippen molar-refractivity contribution in [2.75, 3.05) is 25.6 Å². The first kappa shape index (κ1) is 27.3. The minimum atomic E-state index is -0.571. The summed E-state index contributed by atoms with van der Waals surface area (Å²) in [6.07, 6.45) is 7.15. The fraction of sp³-hybridized carbons (Fsp3) is 0.464. The van der Waals surface area contributed by atoms with Gasteiger partial charge in [0.05, 0.1) is 25.9 Å². The van der Waals surface area contributed by atoms with Gasteiger partial charge in [-0.05, 0) is 67.9 Å². The van der Waals surface area contributed by atoms with E-state index < -0.39 is 11.9 Å². The number of carbonyl (C=O) groups excluding carboxylic acids is 2. The van der Waals surface area contributed by atoms with Gasteiger partial charge in [0.2, 0.25) is 0 Å².